The molecule has 4 heteroatoms. The molecular weight excluding hydrogens is 285 g/mol. The highest BCUT2D eigenvalue weighted by atomic mass is 79.9. The number of hydrogen-bond acceptors (Lipinski definition) is 1. The van der Waals surface area contributed by atoms with Gasteiger partial charge in [0.25, 0.3) is 0 Å². The van der Waals surface area contributed by atoms with Crippen LogP contribution < -0.4 is 5.32 Å². The van der Waals surface area contributed by atoms with Crippen molar-refractivity contribution in [2.75, 3.05) is 12.4 Å². The zero-order chi connectivity index (χ0) is 10.4. The third-order valence-corrected chi connectivity index (χ3v) is 2.93. The fraction of sp³-hybridized carbons (Fsp3) is 0.400. The van der Waals surface area contributed by atoms with Crippen LogP contribution in [0.3, 0.4) is 0 Å². The van der Waals surface area contributed by atoms with Crippen molar-refractivity contribution in [3.05, 3.63) is 33.3 Å². The molecule has 1 N–H and O–H groups in total. The number of halogens is 3. The molecule has 1 aromatic carbocycles. The maximum absolute atomic E-state index is 6.05. The van der Waals surface area contributed by atoms with E-state index in [1.165, 1.54) is 0 Å². The van der Waals surface area contributed by atoms with Crippen LogP contribution in [0.15, 0.2) is 22.7 Å². The van der Waals surface area contributed by atoms with Gasteiger partial charge in [0, 0.05) is 21.9 Å². The molecule has 0 aliphatic rings. The molecular formula is C10H12BrCl2N. The molecule has 78 valence electrons. The normalized spacial score (nSPS) is 10.5. The molecule has 0 bridgehead atoms. The Balaban J connectivity index is 2.42. The van der Waals surface area contributed by atoms with Crippen LogP contribution in [-0.2, 0) is 6.54 Å². The Kier molecular flexibility index (Phi) is 5.87. The highest BCUT2D eigenvalue weighted by Crippen LogP contribution is 2.20. The number of rotatable bonds is 5. The summed E-state index contributed by atoms with van der Waals surface area (Å²) in [4.78, 5) is 0. The molecule has 0 fully saturated rings. The molecule has 0 aliphatic carbocycles. The van der Waals surface area contributed by atoms with E-state index in [0.29, 0.717) is 5.88 Å². The Morgan fingerprint density at radius 3 is 2.79 bits per heavy atom. The maximum Gasteiger partial charge on any atom is 0.0462 e. The lowest BCUT2D eigenvalue weighted by molar-refractivity contribution is 0.678. The van der Waals surface area contributed by atoms with E-state index in [9.17, 15) is 0 Å². The molecule has 0 heterocycles. The fourth-order valence-electron chi connectivity index (χ4n) is 1.08. The van der Waals surface area contributed by atoms with Crippen molar-refractivity contribution in [1.82, 2.24) is 5.32 Å². The molecule has 0 amide bonds. The van der Waals surface area contributed by atoms with Crippen molar-refractivity contribution < 1.29 is 0 Å². The second-order valence-corrected chi connectivity index (χ2v) is 4.66. The summed E-state index contributed by atoms with van der Waals surface area (Å²) in [5, 5.41) is 4.07. The highest BCUT2D eigenvalue weighted by Gasteiger charge is 1.99. The predicted molar refractivity (Wildman–Crippen MR) is 66.2 cm³/mol. The standard InChI is InChI=1S/C10H12BrCl2N/c11-9-3-2-8(10(13)6-9)7-14-5-1-4-12/h2-3,6,14H,1,4-5,7H2. The SMILES string of the molecule is ClCCCNCc1ccc(Br)cc1Cl. The van der Waals surface area contributed by atoms with Crippen molar-refractivity contribution >= 4 is 39.1 Å². The van der Waals surface area contributed by atoms with E-state index in [2.05, 4.69) is 21.2 Å². The van der Waals surface area contributed by atoms with Crippen LogP contribution in [0.25, 0.3) is 0 Å². The summed E-state index contributed by atoms with van der Waals surface area (Å²) in [6.45, 7) is 1.72. The van der Waals surface area contributed by atoms with Gasteiger partial charge in [-0.1, -0.05) is 33.6 Å². The second-order valence-electron chi connectivity index (χ2n) is 2.96. The van der Waals surface area contributed by atoms with E-state index in [0.717, 1.165) is 34.6 Å². The number of hydrogen-bond donors (Lipinski definition) is 1. The van der Waals surface area contributed by atoms with Crippen LogP contribution in [0.4, 0.5) is 0 Å². The van der Waals surface area contributed by atoms with Crippen molar-refractivity contribution in [2.45, 2.75) is 13.0 Å². The minimum atomic E-state index is 0.696. The van der Waals surface area contributed by atoms with Crippen LogP contribution in [0.5, 0.6) is 0 Å². The third kappa shape index (κ3) is 4.18. The summed E-state index contributed by atoms with van der Waals surface area (Å²) in [5.74, 6) is 0.696. The molecule has 0 unspecified atom stereocenters. The van der Waals surface area contributed by atoms with Gasteiger partial charge >= 0.3 is 0 Å². The number of nitrogens with one attached hydrogen (secondary N) is 1. The highest BCUT2D eigenvalue weighted by molar-refractivity contribution is 9.10. The van der Waals surface area contributed by atoms with Crippen molar-refractivity contribution in [2.24, 2.45) is 0 Å². The minimum absolute atomic E-state index is 0.696. The van der Waals surface area contributed by atoms with Gasteiger partial charge in [-0.2, -0.15) is 0 Å². The predicted octanol–water partition coefficient (Wildman–Crippen LogP) is 3.82. The lowest BCUT2D eigenvalue weighted by Gasteiger charge is -2.06. The number of benzene rings is 1. The fourth-order valence-corrected chi connectivity index (χ4v) is 1.95. The summed E-state index contributed by atoms with van der Waals surface area (Å²) in [7, 11) is 0. The molecule has 1 aromatic rings. The van der Waals surface area contributed by atoms with Crippen molar-refractivity contribution in [1.29, 1.82) is 0 Å². The van der Waals surface area contributed by atoms with Crippen LogP contribution in [0, 0.1) is 0 Å². The first-order valence-electron chi connectivity index (χ1n) is 4.44. The minimum Gasteiger partial charge on any atom is -0.313 e. The maximum atomic E-state index is 6.05. The van der Waals surface area contributed by atoms with Gasteiger partial charge in [-0.15, -0.1) is 11.6 Å². The molecule has 0 aromatic heterocycles. The first kappa shape index (κ1) is 12.3. The molecule has 0 radical (unpaired) electrons. The quantitative estimate of drug-likeness (QED) is 0.643. The molecule has 14 heavy (non-hydrogen) atoms. The zero-order valence-corrected chi connectivity index (χ0v) is 10.8. The Morgan fingerprint density at radius 1 is 1.36 bits per heavy atom. The monoisotopic (exact) mass is 295 g/mol. The van der Waals surface area contributed by atoms with Crippen LogP contribution >= 0.6 is 39.1 Å². The van der Waals surface area contributed by atoms with E-state index in [4.69, 9.17) is 23.2 Å². The van der Waals surface area contributed by atoms with Gasteiger partial charge in [-0.25, -0.2) is 0 Å². The molecule has 0 aliphatic heterocycles. The van der Waals surface area contributed by atoms with E-state index < -0.39 is 0 Å². The van der Waals surface area contributed by atoms with Gasteiger partial charge in [0.05, 0.1) is 0 Å². The summed E-state index contributed by atoms with van der Waals surface area (Å²) in [6.07, 6.45) is 0.982. The van der Waals surface area contributed by atoms with Gasteiger partial charge in [0.15, 0.2) is 0 Å². The zero-order valence-electron chi connectivity index (χ0n) is 7.69. The van der Waals surface area contributed by atoms with Crippen LogP contribution in [0.2, 0.25) is 5.02 Å². The topological polar surface area (TPSA) is 12.0 Å². The molecule has 1 nitrogen and oxygen atoms in total. The van der Waals surface area contributed by atoms with Crippen molar-refractivity contribution in [3.8, 4) is 0 Å². The Labute approximate surface area is 103 Å². The lowest BCUT2D eigenvalue weighted by atomic mass is 10.2. The molecule has 0 saturated carbocycles. The van der Waals surface area contributed by atoms with Gasteiger partial charge < -0.3 is 5.32 Å². The summed E-state index contributed by atoms with van der Waals surface area (Å²) < 4.78 is 1.01. The summed E-state index contributed by atoms with van der Waals surface area (Å²) >= 11 is 15.0. The second kappa shape index (κ2) is 6.67. The molecule has 1 rings (SSSR count). The van der Waals surface area contributed by atoms with Crippen molar-refractivity contribution in [3.63, 3.8) is 0 Å². The van der Waals surface area contributed by atoms with Gasteiger partial charge in [-0.3, -0.25) is 0 Å². The van der Waals surface area contributed by atoms with E-state index in [1.807, 2.05) is 18.2 Å². The largest absolute Gasteiger partial charge is 0.313 e. The Hall–Kier alpha value is 0.240. The van der Waals surface area contributed by atoms with Crippen LogP contribution in [-0.4, -0.2) is 12.4 Å². The summed E-state index contributed by atoms with van der Waals surface area (Å²) in [6, 6.07) is 5.91. The van der Waals surface area contributed by atoms with Gasteiger partial charge in [-0.05, 0) is 30.7 Å². The average molecular weight is 297 g/mol. The van der Waals surface area contributed by atoms with E-state index in [1.54, 1.807) is 0 Å². The number of alkyl halides is 1. The smallest absolute Gasteiger partial charge is 0.0462 e. The average Bonchev–Trinajstić information content (AvgIpc) is 2.15. The van der Waals surface area contributed by atoms with E-state index >= 15 is 0 Å². The van der Waals surface area contributed by atoms with Gasteiger partial charge in [0.1, 0.15) is 0 Å². The molecule has 0 atom stereocenters. The third-order valence-electron chi connectivity index (χ3n) is 1.82. The molecule has 0 spiro atoms. The van der Waals surface area contributed by atoms with Gasteiger partial charge in [0.2, 0.25) is 0 Å². The van der Waals surface area contributed by atoms with E-state index in [-0.39, 0.29) is 0 Å². The van der Waals surface area contributed by atoms with Crippen LogP contribution in [0.1, 0.15) is 12.0 Å². The lowest BCUT2D eigenvalue weighted by Crippen LogP contribution is -2.15. The first-order chi connectivity index (χ1) is 6.74. The molecule has 0 saturated heterocycles. The summed E-state index contributed by atoms with van der Waals surface area (Å²) in [5.41, 5.74) is 1.12. The Morgan fingerprint density at radius 2 is 2.14 bits per heavy atom. The first-order valence-corrected chi connectivity index (χ1v) is 6.15. The Bertz CT molecular complexity index is 291.